The van der Waals surface area contributed by atoms with Crippen LogP contribution in [-0.4, -0.2) is 22.2 Å². The van der Waals surface area contributed by atoms with Crippen LogP contribution in [0.2, 0.25) is 0 Å². The SMILES string of the molecule is COc1ccc([N+](=O)[O-])cc1-c1nnco1. The Morgan fingerprint density at radius 1 is 1.50 bits per heavy atom. The van der Waals surface area contributed by atoms with Gasteiger partial charge in [-0.2, -0.15) is 0 Å². The summed E-state index contributed by atoms with van der Waals surface area (Å²) in [6, 6.07) is 4.16. The number of nitrogens with zero attached hydrogens (tertiary/aromatic N) is 3. The van der Waals surface area contributed by atoms with Crippen molar-refractivity contribution in [2.75, 3.05) is 7.11 Å². The van der Waals surface area contributed by atoms with Crippen molar-refractivity contribution in [2.45, 2.75) is 0 Å². The molecule has 0 radical (unpaired) electrons. The highest BCUT2D eigenvalue weighted by Crippen LogP contribution is 2.31. The van der Waals surface area contributed by atoms with Gasteiger partial charge in [-0.1, -0.05) is 0 Å². The summed E-state index contributed by atoms with van der Waals surface area (Å²) in [5, 5.41) is 17.8. The van der Waals surface area contributed by atoms with Gasteiger partial charge in [-0.05, 0) is 6.07 Å². The second kappa shape index (κ2) is 3.97. The van der Waals surface area contributed by atoms with E-state index in [-0.39, 0.29) is 11.6 Å². The van der Waals surface area contributed by atoms with E-state index in [0.29, 0.717) is 11.3 Å². The van der Waals surface area contributed by atoms with Gasteiger partial charge in [0.05, 0.1) is 17.6 Å². The zero-order chi connectivity index (χ0) is 11.5. The highest BCUT2D eigenvalue weighted by molar-refractivity contribution is 5.66. The Morgan fingerprint density at radius 3 is 2.88 bits per heavy atom. The molecule has 7 heteroatoms. The highest BCUT2D eigenvalue weighted by atomic mass is 16.6. The topological polar surface area (TPSA) is 91.3 Å². The van der Waals surface area contributed by atoms with Gasteiger partial charge in [0.15, 0.2) is 0 Å². The first-order valence-corrected chi connectivity index (χ1v) is 4.31. The summed E-state index contributed by atoms with van der Waals surface area (Å²) in [4.78, 5) is 10.1. The lowest BCUT2D eigenvalue weighted by molar-refractivity contribution is -0.384. The maximum absolute atomic E-state index is 10.6. The van der Waals surface area contributed by atoms with Crippen molar-refractivity contribution >= 4 is 5.69 Å². The van der Waals surface area contributed by atoms with Crippen molar-refractivity contribution in [1.29, 1.82) is 0 Å². The summed E-state index contributed by atoms with van der Waals surface area (Å²) in [5.74, 6) is 0.621. The Bertz CT molecular complexity index is 509. The monoisotopic (exact) mass is 221 g/mol. The van der Waals surface area contributed by atoms with E-state index in [2.05, 4.69) is 10.2 Å². The maximum Gasteiger partial charge on any atom is 0.270 e. The molecule has 0 amide bonds. The van der Waals surface area contributed by atoms with Crippen LogP contribution >= 0.6 is 0 Å². The van der Waals surface area contributed by atoms with E-state index in [1.807, 2.05) is 0 Å². The standard InChI is InChI=1S/C9H7N3O4/c1-15-8-3-2-6(12(13)14)4-7(8)9-11-10-5-16-9/h2-5H,1H3. The van der Waals surface area contributed by atoms with Crippen LogP contribution < -0.4 is 4.74 Å². The molecule has 82 valence electrons. The maximum atomic E-state index is 10.6. The van der Waals surface area contributed by atoms with Crippen molar-refractivity contribution in [3.63, 3.8) is 0 Å². The van der Waals surface area contributed by atoms with E-state index in [1.165, 1.54) is 25.3 Å². The van der Waals surface area contributed by atoms with Crippen LogP contribution in [0.4, 0.5) is 5.69 Å². The van der Waals surface area contributed by atoms with E-state index in [1.54, 1.807) is 0 Å². The molecule has 0 atom stereocenters. The Kier molecular flexibility index (Phi) is 2.50. The number of hydrogen-bond donors (Lipinski definition) is 0. The molecular weight excluding hydrogens is 214 g/mol. The van der Waals surface area contributed by atoms with Crippen molar-refractivity contribution in [2.24, 2.45) is 0 Å². The van der Waals surface area contributed by atoms with Gasteiger partial charge in [0.1, 0.15) is 5.75 Å². The molecule has 2 aromatic rings. The first-order chi connectivity index (χ1) is 7.72. The van der Waals surface area contributed by atoms with E-state index in [0.717, 1.165) is 6.39 Å². The van der Waals surface area contributed by atoms with Crippen molar-refractivity contribution in [1.82, 2.24) is 10.2 Å². The first-order valence-electron chi connectivity index (χ1n) is 4.31. The van der Waals surface area contributed by atoms with E-state index in [4.69, 9.17) is 9.15 Å². The molecule has 0 saturated carbocycles. The number of nitro groups is 1. The molecule has 1 heterocycles. The van der Waals surface area contributed by atoms with Gasteiger partial charge in [0, 0.05) is 12.1 Å². The van der Waals surface area contributed by atoms with Gasteiger partial charge in [-0.25, -0.2) is 0 Å². The van der Waals surface area contributed by atoms with Crippen molar-refractivity contribution in [3.05, 3.63) is 34.7 Å². The Labute approximate surface area is 89.8 Å². The smallest absolute Gasteiger partial charge is 0.270 e. The molecule has 0 aliphatic carbocycles. The van der Waals surface area contributed by atoms with Gasteiger partial charge >= 0.3 is 0 Å². The molecular formula is C9H7N3O4. The molecule has 1 aromatic carbocycles. The lowest BCUT2D eigenvalue weighted by Gasteiger charge is -2.03. The third-order valence-corrected chi connectivity index (χ3v) is 1.98. The lowest BCUT2D eigenvalue weighted by atomic mass is 10.2. The molecule has 0 spiro atoms. The van der Waals surface area contributed by atoms with E-state index in [9.17, 15) is 10.1 Å². The van der Waals surface area contributed by atoms with Crippen LogP contribution in [-0.2, 0) is 0 Å². The number of hydrogen-bond acceptors (Lipinski definition) is 6. The molecule has 2 rings (SSSR count). The second-order valence-corrected chi connectivity index (χ2v) is 2.89. The number of benzene rings is 1. The van der Waals surface area contributed by atoms with Crippen LogP contribution in [0.5, 0.6) is 5.75 Å². The molecule has 0 saturated heterocycles. The summed E-state index contributed by atoms with van der Waals surface area (Å²) in [5.41, 5.74) is 0.336. The van der Waals surface area contributed by atoms with E-state index < -0.39 is 4.92 Å². The molecule has 0 aliphatic rings. The number of methoxy groups -OCH3 is 1. The minimum Gasteiger partial charge on any atom is -0.496 e. The lowest BCUT2D eigenvalue weighted by Crippen LogP contribution is -1.92. The molecule has 0 aliphatic heterocycles. The van der Waals surface area contributed by atoms with Crippen LogP contribution in [0.3, 0.4) is 0 Å². The zero-order valence-electron chi connectivity index (χ0n) is 8.28. The van der Waals surface area contributed by atoms with Crippen molar-refractivity contribution < 1.29 is 14.1 Å². The minimum atomic E-state index is -0.501. The van der Waals surface area contributed by atoms with Crippen molar-refractivity contribution in [3.8, 4) is 17.2 Å². The van der Waals surface area contributed by atoms with Crippen LogP contribution in [0.25, 0.3) is 11.5 Å². The van der Waals surface area contributed by atoms with Crippen LogP contribution in [0.1, 0.15) is 0 Å². The van der Waals surface area contributed by atoms with Gasteiger partial charge in [-0.3, -0.25) is 10.1 Å². The molecule has 0 bridgehead atoms. The molecule has 0 fully saturated rings. The summed E-state index contributed by atoms with van der Waals surface area (Å²) >= 11 is 0. The van der Waals surface area contributed by atoms with Crippen LogP contribution in [0, 0.1) is 10.1 Å². The molecule has 0 N–H and O–H groups in total. The zero-order valence-corrected chi connectivity index (χ0v) is 8.28. The second-order valence-electron chi connectivity index (χ2n) is 2.89. The normalized spacial score (nSPS) is 10.1. The first kappa shape index (κ1) is 10.1. The molecule has 7 nitrogen and oxygen atoms in total. The number of nitro benzene ring substituents is 1. The van der Waals surface area contributed by atoms with Crippen LogP contribution in [0.15, 0.2) is 29.0 Å². The average molecular weight is 221 g/mol. The highest BCUT2D eigenvalue weighted by Gasteiger charge is 2.16. The Balaban J connectivity index is 2.56. The number of aromatic nitrogens is 2. The van der Waals surface area contributed by atoms with Gasteiger partial charge in [0.25, 0.3) is 11.6 Å². The molecule has 0 unspecified atom stereocenters. The Morgan fingerprint density at radius 2 is 2.31 bits per heavy atom. The van der Waals surface area contributed by atoms with E-state index >= 15 is 0 Å². The fourth-order valence-corrected chi connectivity index (χ4v) is 1.27. The number of non-ortho nitro benzene ring substituents is 1. The Hall–Kier alpha value is -2.44. The predicted octanol–water partition coefficient (Wildman–Crippen LogP) is 1.65. The fraction of sp³-hybridized carbons (Fsp3) is 0.111. The van der Waals surface area contributed by atoms with Gasteiger partial charge in [0.2, 0.25) is 6.39 Å². The average Bonchev–Trinajstić information content (AvgIpc) is 2.81. The molecule has 1 aromatic heterocycles. The largest absolute Gasteiger partial charge is 0.496 e. The fourth-order valence-electron chi connectivity index (χ4n) is 1.27. The summed E-state index contributed by atoms with van der Waals surface area (Å²) in [6.07, 6.45) is 1.15. The van der Waals surface area contributed by atoms with Gasteiger partial charge < -0.3 is 9.15 Å². The predicted molar refractivity (Wildman–Crippen MR) is 52.9 cm³/mol. The third kappa shape index (κ3) is 1.70. The van der Waals surface area contributed by atoms with Gasteiger partial charge in [-0.15, -0.1) is 10.2 Å². The number of rotatable bonds is 3. The molecule has 16 heavy (non-hydrogen) atoms. The third-order valence-electron chi connectivity index (χ3n) is 1.98. The quantitative estimate of drug-likeness (QED) is 0.578. The summed E-state index contributed by atoms with van der Waals surface area (Å²) in [6.45, 7) is 0. The summed E-state index contributed by atoms with van der Waals surface area (Å²) < 4.78 is 10.0. The number of ether oxygens (including phenoxy) is 1. The summed E-state index contributed by atoms with van der Waals surface area (Å²) in [7, 11) is 1.46. The minimum absolute atomic E-state index is 0.0611.